The molecule has 1 fully saturated rings. The molecule has 2 heteroatoms. The summed E-state index contributed by atoms with van der Waals surface area (Å²) >= 11 is 0. The average Bonchev–Trinajstić information content (AvgIpc) is 2.99. The molecule has 2 aliphatic rings. The first-order chi connectivity index (χ1) is 11.3. The van der Waals surface area contributed by atoms with E-state index in [0.717, 1.165) is 6.54 Å². The van der Waals surface area contributed by atoms with Crippen LogP contribution in [0.2, 0.25) is 0 Å². The van der Waals surface area contributed by atoms with Crippen molar-refractivity contribution in [1.29, 1.82) is 0 Å². The zero-order chi connectivity index (χ0) is 15.5. The molecule has 1 aliphatic carbocycles. The fourth-order valence-corrected chi connectivity index (χ4v) is 4.15. The number of aromatic nitrogens is 1. The summed E-state index contributed by atoms with van der Waals surface area (Å²) in [5, 5.41) is 0. The zero-order valence-corrected chi connectivity index (χ0v) is 13.6. The molecule has 1 aliphatic heterocycles. The van der Waals surface area contributed by atoms with Crippen molar-refractivity contribution in [2.45, 2.75) is 32.2 Å². The summed E-state index contributed by atoms with van der Waals surface area (Å²) in [6.45, 7) is 3.60. The van der Waals surface area contributed by atoms with Crippen molar-refractivity contribution in [3.8, 4) is 0 Å². The van der Waals surface area contributed by atoms with Crippen molar-refractivity contribution < 1.29 is 0 Å². The molecule has 0 amide bonds. The molecule has 23 heavy (non-hydrogen) atoms. The molecule has 118 valence electrons. The molecule has 0 radical (unpaired) electrons. The lowest BCUT2D eigenvalue weighted by Gasteiger charge is -2.33. The minimum absolute atomic E-state index is 0.519. The SMILES string of the molecule is C1=C(c2ccncc2)CC[C@]2(C1)CCN(Cc1ccccc1)C2. The van der Waals surface area contributed by atoms with Gasteiger partial charge in [0.05, 0.1) is 0 Å². The molecule has 1 spiro atoms. The number of likely N-dealkylation sites (tertiary alicyclic amines) is 1. The van der Waals surface area contributed by atoms with Gasteiger partial charge in [-0.05, 0) is 66.5 Å². The Kier molecular flexibility index (Phi) is 4.00. The van der Waals surface area contributed by atoms with Crippen LogP contribution in [0.3, 0.4) is 0 Å². The van der Waals surface area contributed by atoms with Crippen molar-refractivity contribution in [2.75, 3.05) is 13.1 Å². The molecule has 0 saturated carbocycles. The molecule has 2 heterocycles. The Balaban J connectivity index is 1.41. The van der Waals surface area contributed by atoms with Gasteiger partial charge >= 0.3 is 0 Å². The molecule has 0 unspecified atom stereocenters. The second-order valence-corrected chi connectivity index (χ2v) is 7.12. The van der Waals surface area contributed by atoms with E-state index in [1.54, 1.807) is 0 Å². The van der Waals surface area contributed by atoms with Gasteiger partial charge in [0.15, 0.2) is 0 Å². The summed E-state index contributed by atoms with van der Waals surface area (Å²) in [5.74, 6) is 0. The van der Waals surface area contributed by atoms with Crippen LogP contribution in [-0.4, -0.2) is 23.0 Å². The van der Waals surface area contributed by atoms with Crippen LogP contribution in [0.1, 0.15) is 36.8 Å². The van der Waals surface area contributed by atoms with E-state index in [-0.39, 0.29) is 0 Å². The largest absolute Gasteiger partial charge is 0.298 e. The van der Waals surface area contributed by atoms with Gasteiger partial charge in [-0.25, -0.2) is 0 Å². The lowest BCUT2D eigenvalue weighted by atomic mass is 9.73. The first-order valence-corrected chi connectivity index (χ1v) is 8.69. The Labute approximate surface area is 138 Å². The van der Waals surface area contributed by atoms with Gasteiger partial charge in [0.1, 0.15) is 0 Å². The third-order valence-electron chi connectivity index (χ3n) is 5.52. The first kappa shape index (κ1) is 14.6. The number of benzene rings is 1. The fraction of sp³-hybridized carbons (Fsp3) is 0.381. The number of hydrogen-bond acceptors (Lipinski definition) is 2. The Morgan fingerprint density at radius 2 is 1.83 bits per heavy atom. The van der Waals surface area contributed by atoms with Gasteiger partial charge in [0.2, 0.25) is 0 Å². The van der Waals surface area contributed by atoms with Gasteiger partial charge in [-0.3, -0.25) is 9.88 Å². The van der Waals surface area contributed by atoms with Crippen LogP contribution in [0.15, 0.2) is 60.9 Å². The second kappa shape index (κ2) is 6.29. The summed E-state index contributed by atoms with van der Waals surface area (Å²) in [7, 11) is 0. The van der Waals surface area contributed by atoms with Crippen LogP contribution < -0.4 is 0 Å². The number of pyridine rings is 1. The third-order valence-corrected chi connectivity index (χ3v) is 5.52. The maximum absolute atomic E-state index is 4.13. The molecule has 0 bridgehead atoms. The Morgan fingerprint density at radius 1 is 1.00 bits per heavy atom. The molecular weight excluding hydrogens is 280 g/mol. The van der Waals surface area contributed by atoms with Crippen LogP contribution in [-0.2, 0) is 6.54 Å². The summed E-state index contributed by atoms with van der Waals surface area (Å²) in [4.78, 5) is 6.77. The second-order valence-electron chi connectivity index (χ2n) is 7.12. The smallest absolute Gasteiger partial charge is 0.0273 e. The zero-order valence-electron chi connectivity index (χ0n) is 13.6. The van der Waals surface area contributed by atoms with Crippen LogP contribution >= 0.6 is 0 Å². The quantitative estimate of drug-likeness (QED) is 0.827. The molecule has 0 N–H and O–H groups in total. The molecule has 1 atom stereocenters. The highest BCUT2D eigenvalue weighted by Crippen LogP contribution is 2.45. The van der Waals surface area contributed by atoms with E-state index >= 15 is 0 Å². The van der Waals surface area contributed by atoms with Gasteiger partial charge in [0.25, 0.3) is 0 Å². The van der Waals surface area contributed by atoms with E-state index in [2.05, 4.69) is 58.4 Å². The normalized spacial score (nSPS) is 24.8. The van der Waals surface area contributed by atoms with Crippen LogP contribution in [0.25, 0.3) is 5.57 Å². The maximum Gasteiger partial charge on any atom is 0.0273 e. The van der Waals surface area contributed by atoms with Crippen molar-refractivity contribution in [1.82, 2.24) is 9.88 Å². The van der Waals surface area contributed by atoms with Gasteiger partial charge in [-0.15, -0.1) is 0 Å². The van der Waals surface area contributed by atoms with Crippen LogP contribution in [0.5, 0.6) is 0 Å². The third kappa shape index (κ3) is 3.23. The van der Waals surface area contributed by atoms with E-state index in [4.69, 9.17) is 0 Å². The topological polar surface area (TPSA) is 16.1 Å². The summed E-state index contributed by atoms with van der Waals surface area (Å²) in [5.41, 5.74) is 4.83. The Bertz CT molecular complexity index is 678. The lowest BCUT2D eigenvalue weighted by Crippen LogP contribution is -2.28. The highest BCUT2D eigenvalue weighted by Gasteiger charge is 2.38. The van der Waals surface area contributed by atoms with E-state index in [1.807, 2.05) is 12.4 Å². The number of allylic oxidation sites excluding steroid dienone is 2. The first-order valence-electron chi connectivity index (χ1n) is 8.69. The number of nitrogens with zero attached hydrogens (tertiary/aromatic N) is 2. The van der Waals surface area contributed by atoms with Gasteiger partial charge < -0.3 is 0 Å². The molecular formula is C21H24N2. The van der Waals surface area contributed by atoms with Crippen molar-refractivity contribution >= 4 is 5.57 Å². The Morgan fingerprint density at radius 3 is 2.57 bits per heavy atom. The van der Waals surface area contributed by atoms with Crippen LogP contribution in [0, 0.1) is 5.41 Å². The molecule has 1 aromatic carbocycles. The maximum atomic E-state index is 4.13. The molecule has 2 nitrogen and oxygen atoms in total. The highest BCUT2D eigenvalue weighted by atomic mass is 15.2. The summed E-state index contributed by atoms with van der Waals surface area (Å²) in [6.07, 6.45) is 11.4. The predicted molar refractivity (Wildman–Crippen MR) is 94.8 cm³/mol. The predicted octanol–water partition coefficient (Wildman–Crippen LogP) is 4.54. The molecule has 1 saturated heterocycles. The molecule has 1 aromatic heterocycles. The average molecular weight is 304 g/mol. The number of rotatable bonds is 3. The van der Waals surface area contributed by atoms with E-state index < -0.39 is 0 Å². The van der Waals surface area contributed by atoms with E-state index in [9.17, 15) is 0 Å². The minimum atomic E-state index is 0.519. The van der Waals surface area contributed by atoms with E-state index in [0.29, 0.717) is 5.41 Å². The Hall–Kier alpha value is -1.93. The van der Waals surface area contributed by atoms with E-state index in [1.165, 1.54) is 55.5 Å². The molecule has 2 aromatic rings. The standard InChI is InChI=1S/C21H24N2/c1-2-4-18(5-3-1)16-23-15-12-21(17-23)10-6-19(7-11-21)20-8-13-22-14-9-20/h1-6,8-9,13-14H,7,10-12,15-17H2/t21-/m1/s1. The van der Waals surface area contributed by atoms with Crippen molar-refractivity contribution in [3.63, 3.8) is 0 Å². The van der Waals surface area contributed by atoms with Crippen molar-refractivity contribution in [2.24, 2.45) is 5.41 Å². The fourth-order valence-electron chi connectivity index (χ4n) is 4.15. The summed E-state index contributed by atoms with van der Waals surface area (Å²) < 4.78 is 0. The van der Waals surface area contributed by atoms with Crippen molar-refractivity contribution in [3.05, 3.63) is 72.1 Å². The minimum Gasteiger partial charge on any atom is -0.298 e. The highest BCUT2D eigenvalue weighted by molar-refractivity contribution is 5.66. The summed E-state index contributed by atoms with van der Waals surface area (Å²) in [6, 6.07) is 15.2. The number of hydrogen-bond donors (Lipinski definition) is 0. The molecule has 4 rings (SSSR count). The monoisotopic (exact) mass is 304 g/mol. The van der Waals surface area contributed by atoms with Crippen LogP contribution in [0.4, 0.5) is 0 Å². The van der Waals surface area contributed by atoms with Gasteiger partial charge in [-0.1, -0.05) is 36.4 Å². The van der Waals surface area contributed by atoms with Gasteiger partial charge in [0, 0.05) is 25.5 Å². The van der Waals surface area contributed by atoms with Gasteiger partial charge in [-0.2, -0.15) is 0 Å². The lowest BCUT2D eigenvalue weighted by molar-refractivity contribution is 0.235.